The fourth-order valence-corrected chi connectivity index (χ4v) is 4.53. The average Bonchev–Trinajstić information content (AvgIpc) is 2.71. The summed E-state index contributed by atoms with van der Waals surface area (Å²) in [6.45, 7) is 3.81. The summed E-state index contributed by atoms with van der Waals surface area (Å²) in [5, 5.41) is 0. The second kappa shape index (κ2) is 9.29. The molecule has 8 nitrogen and oxygen atoms in total. The van der Waals surface area contributed by atoms with Gasteiger partial charge in [0.05, 0.1) is 23.8 Å². The van der Waals surface area contributed by atoms with Crippen LogP contribution in [0.3, 0.4) is 0 Å². The van der Waals surface area contributed by atoms with Gasteiger partial charge in [-0.2, -0.15) is 0 Å². The smallest absolute Gasteiger partial charge is 0.324 e. The van der Waals surface area contributed by atoms with Crippen molar-refractivity contribution < 1.29 is 17.6 Å². The molecule has 0 spiro atoms. The zero-order chi connectivity index (χ0) is 22.8. The SMILES string of the molecule is Cc1ccc(N(C(N)=O)c2cc(CN3CCC(N(C)S(C)(=O)=O)CC3)ccc2F)cn1. The van der Waals surface area contributed by atoms with Crippen molar-refractivity contribution in [1.82, 2.24) is 14.2 Å². The summed E-state index contributed by atoms with van der Waals surface area (Å²) in [5.41, 5.74) is 7.61. The maximum atomic E-state index is 14.6. The molecule has 168 valence electrons. The predicted octanol–water partition coefficient (Wildman–Crippen LogP) is 2.60. The number of hydrogen-bond acceptors (Lipinski definition) is 5. The Morgan fingerprint density at radius 3 is 2.48 bits per heavy atom. The molecular weight excluding hydrogens is 421 g/mol. The van der Waals surface area contributed by atoms with Crippen molar-refractivity contribution in [2.24, 2.45) is 5.73 Å². The number of pyridine rings is 1. The van der Waals surface area contributed by atoms with Crippen LogP contribution in [0, 0.1) is 12.7 Å². The van der Waals surface area contributed by atoms with E-state index in [9.17, 15) is 17.6 Å². The lowest BCUT2D eigenvalue weighted by Gasteiger charge is -2.35. The molecule has 1 fully saturated rings. The molecule has 2 aromatic rings. The highest BCUT2D eigenvalue weighted by Crippen LogP contribution is 2.29. The Morgan fingerprint density at radius 2 is 1.94 bits per heavy atom. The maximum absolute atomic E-state index is 14.6. The second-order valence-corrected chi connectivity index (χ2v) is 9.95. The third-order valence-corrected chi connectivity index (χ3v) is 6.97. The van der Waals surface area contributed by atoms with Crippen molar-refractivity contribution in [3.05, 3.63) is 53.6 Å². The first-order valence-corrected chi connectivity index (χ1v) is 11.9. The number of nitrogens with two attached hydrogens (primary N) is 1. The molecule has 2 amide bonds. The molecule has 1 aromatic heterocycles. The Bertz CT molecular complexity index is 1040. The van der Waals surface area contributed by atoms with Crippen LogP contribution in [0.5, 0.6) is 0 Å². The Labute approximate surface area is 182 Å². The highest BCUT2D eigenvalue weighted by molar-refractivity contribution is 7.88. The van der Waals surface area contributed by atoms with Gasteiger partial charge < -0.3 is 5.73 Å². The minimum atomic E-state index is -3.22. The molecule has 0 bridgehead atoms. The Morgan fingerprint density at radius 1 is 1.26 bits per heavy atom. The van der Waals surface area contributed by atoms with Gasteiger partial charge in [-0.1, -0.05) is 6.07 Å². The number of nitrogens with zero attached hydrogens (tertiary/aromatic N) is 4. The number of halogens is 1. The summed E-state index contributed by atoms with van der Waals surface area (Å²) in [6, 6.07) is 7.20. The zero-order valence-electron chi connectivity index (χ0n) is 18.0. The molecule has 1 aromatic carbocycles. The zero-order valence-corrected chi connectivity index (χ0v) is 18.8. The predicted molar refractivity (Wildman–Crippen MR) is 118 cm³/mol. The minimum absolute atomic E-state index is 0.0191. The van der Waals surface area contributed by atoms with Gasteiger partial charge in [-0.3, -0.25) is 14.8 Å². The van der Waals surface area contributed by atoms with Gasteiger partial charge >= 0.3 is 6.03 Å². The van der Waals surface area contributed by atoms with Gasteiger partial charge in [0.15, 0.2) is 0 Å². The molecule has 31 heavy (non-hydrogen) atoms. The summed E-state index contributed by atoms with van der Waals surface area (Å²) in [5.74, 6) is -0.559. The molecule has 0 atom stereocenters. The summed E-state index contributed by atoms with van der Waals surface area (Å²) in [4.78, 5) is 19.6. The quantitative estimate of drug-likeness (QED) is 0.731. The van der Waals surface area contributed by atoms with E-state index in [1.54, 1.807) is 31.3 Å². The van der Waals surface area contributed by atoms with Gasteiger partial charge in [-0.15, -0.1) is 0 Å². The standard InChI is InChI=1S/C21H28FN5O3S/c1-15-4-6-18(13-24-15)27(21(23)28)20-12-16(5-7-19(20)22)14-26-10-8-17(9-11-26)25(2)31(3,29)30/h4-7,12-13,17H,8-11,14H2,1-3H3,(H2,23,28). The Hall–Kier alpha value is -2.56. The van der Waals surface area contributed by atoms with Crippen molar-refractivity contribution in [3.63, 3.8) is 0 Å². The molecule has 0 aliphatic carbocycles. The number of benzene rings is 1. The van der Waals surface area contributed by atoms with E-state index in [1.165, 1.54) is 22.8 Å². The van der Waals surface area contributed by atoms with Crippen molar-refractivity contribution in [1.29, 1.82) is 0 Å². The first kappa shape index (κ1) is 23.1. The molecular formula is C21H28FN5O3S. The molecule has 1 saturated heterocycles. The van der Waals surface area contributed by atoms with Gasteiger partial charge in [0, 0.05) is 38.4 Å². The van der Waals surface area contributed by atoms with Crippen LogP contribution in [-0.2, 0) is 16.6 Å². The van der Waals surface area contributed by atoms with Gasteiger partial charge in [0.2, 0.25) is 10.0 Å². The number of sulfonamides is 1. The number of likely N-dealkylation sites (tertiary alicyclic amines) is 1. The van der Waals surface area contributed by atoms with Crippen molar-refractivity contribution >= 4 is 27.4 Å². The number of amides is 2. The van der Waals surface area contributed by atoms with Crippen molar-refractivity contribution in [3.8, 4) is 0 Å². The van der Waals surface area contributed by atoms with Crippen molar-refractivity contribution in [2.45, 2.75) is 32.4 Å². The minimum Gasteiger partial charge on any atom is -0.351 e. The average molecular weight is 450 g/mol. The molecule has 0 unspecified atom stereocenters. The number of anilines is 2. The summed E-state index contributed by atoms with van der Waals surface area (Å²) in [6.07, 6.45) is 4.14. The van der Waals surface area contributed by atoms with E-state index in [1.807, 2.05) is 6.92 Å². The van der Waals surface area contributed by atoms with Crippen LogP contribution in [0.15, 0.2) is 36.5 Å². The van der Waals surface area contributed by atoms with Gasteiger partial charge in [-0.05, 0) is 49.6 Å². The number of aromatic nitrogens is 1. The summed E-state index contributed by atoms with van der Waals surface area (Å²) >= 11 is 0. The fraction of sp³-hybridized carbons (Fsp3) is 0.429. The fourth-order valence-electron chi connectivity index (χ4n) is 3.78. The first-order valence-electron chi connectivity index (χ1n) is 10.0. The van der Waals surface area contributed by atoms with Gasteiger partial charge in [0.25, 0.3) is 0 Å². The molecule has 2 N–H and O–H groups in total. The number of urea groups is 1. The third kappa shape index (κ3) is 5.57. The molecule has 2 heterocycles. The van der Waals surface area contributed by atoms with E-state index in [2.05, 4.69) is 9.88 Å². The molecule has 0 radical (unpaired) electrons. The van der Waals surface area contributed by atoms with E-state index in [4.69, 9.17) is 5.73 Å². The lowest BCUT2D eigenvalue weighted by molar-refractivity contribution is 0.164. The summed E-state index contributed by atoms with van der Waals surface area (Å²) in [7, 11) is -1.61. The highest BCUT2D eigenvalue weighted by Gasteiger charge is 2.27. The topological polar surface area (TPSA) is 99.8 Å². The van der Waals surface area contributed by atoms with Crippen LogP contribution in [0.2, 0.25) is 0 Å². The molecule has 0 saturated carbocycles. The van der Waals surface area contributed by atoms with Crippen LogP contribution < -0.4 is 10.6 Å². The first-order chi connectivity index (χ1) is 14.6. The molecule has 10 heteroatoms. The molecule has 1 aliphatic heterocycles. The number of primary amides is 1. The van der Waals surface area contributed by atoms with Crippen LogP contribution in [0.1, 0.15) is 24.1 Å². The number of rotatable bonds is 6. The third-order valence-electron chi connectivity index (χ3n) is 5.63. The number of piperidine rings is 1. The lowest BCUT2D eigenvalue weighted by Crippen LogP contribution is -2.44. The van der Waals surface area contributed by atoms with E-state index in [-0.39, 0.29) is 11.7 Å². The highest BCUT2D eigenvalue weighted by atomic mass is 32.2. The van der Waals surface area contributed by atoms with E-state index >= 15 is 0 Å². The van der Waals surface area contributed by atoms with Crippen LogP contribution in [0.4, 0.5) is 20.6 Å². The van der Waals surface area contributed by atoms with E-state index < -0.39 is 21.9 Å². The number of carbonyl (C=O) groups is 1. The monoisotopic (exact) mass is 449 g/mol. The number of hydrogen-bond donors (Lipinski definition) is 1. The van der Waals surface area contributed by atoms with Gasteiger partial charge in [-0.25, -0.2) is 21.9 Å². The van der Waals surface area contributed by atoms with E-state index in [0.717, 1.165) is 42.1 Å². The largest absolute Gasteiger partial charge is 0.351 e. The molecule has 3 rings (SSSR count). The summed E-state index contributed by atoms with van der Waals surface area (Å²) < 4.78 is 39.6. The molecule has 1 aliphatic rings. The van der Waals surface area contributed by atoms with Gasteiger partial charge in [0.1, 0.15) is 5.82 Å². The maximum Gasteiger partial charge on any atom is 0.324 e. The normalized spacial score (nSPS) is 15.9. The van der Waals surface area contributed by atoms with Crippen molar-refractivity contribution in [2.75, 3.05) is 31.3 Å². The lowest BCUT2D eigenvalue weighted by atomic mass is 10.0. The van der Waals surface area contributed by atoms with Crippen LogP contribution in [0.25, 0.3) is 0 Å². The second-order valence-electron chi connectivity index (χ2n) is 7.90. The number of carbonyl (C=O) groups excluding carboxylic acids is 1. The van der Waals surface area contributed by atoms with E-state index in [0.29, 0.717) is 12.2 Å². The number of aryl methyl sites for hydroxylation is 1. The van der Waals surface area contributed by atoms with Crippen LogP contribution >= 0.6 is 0 Å². The van der Waals surface area contributed by atoms with Crippen LogP contribution in [-0.4, -0.2) is 61.1 Å². The Balaban J connectivity index is 1.75. The Kier molecular flexibility index (Phi) is 6.93.